The Kier molecular flexibility index (Phi) is 7.44. The Bertz CT molecular complexity index is 1620. The third-order valence-corrected chi connectivity index (χ3v) is 8.66. The van der Waals surface area contributed by atoms with Crippen molar-refractivity contribution in [3.05, 3.63) is 95.6 Å². The van der Waals surface area contributed by atoms with Crippen LogP contribution in [0, 0.1) is 5.92 Å². The SMILES string of the molecule is CCOC(=O)C1=C(c2ccc(-c3ccccc3S(=O)(=O)NC(=O)c3ccccc3)cc2)[N+](C)(CC)N=C1C1CC1. The Morgan fingerprint density at radius 2 is 1.55 bits per heavy atom. The summed E-state index contributed by atoms with van der Waals surface area (Å²) in [5.41, 5.74) is 4.30. The van der Waals surface area contributed by atoms with Crippen LogP contribution < -0.4 is 4.72 Å². The lowest BCUT2D eigenvalue weighted by Gasteiger charge is -2.25. The van der Waals surface area contributed by atoms with Gasteiger partial charge in [0.2, 0.25) is 0 Å². The molecule has 2 aliphatic rings. The molecule has 0 bridgehead atoms. The van der Waals surface area contributed by atoms with E-state index >= 15 is 0 Å². The van der Waals surface area contributed by atoms with Crippen LogP contribution in [0.1, 0.15) is 42.6 Å². The molecule has 1 saturated carbocycles. The van der Waals surface area contributed by atoms with Crippen LogP contribution in [0.2, 0.25) is 0 Å². The lowest BCUT2D eigenvalue weighted by atomic mass is 9.97. The van der Waals surface area contributed by atoms with E-state index in [1.807, 2.05) is 38.2 Å². The maximum Gasteiger partial charge on any atom is 0.346 e. The van der Waals surface area contributed by atoms with Gasteiger partial charge < -0.3 is 4.74 Å². The van der Waals surface area contributed by atoms with Gasteiger partial charge in [0, 0.05) is 22.6 Å². The van der Waals surface area contributed by atoms with Gasteiger partial charge in [0.05, 0.1) is 18.6 Å². The van der Waals surface area contributed by atoms with Gasteiger partial charge in [-0.1, -0.05) is 53.6 Å². The van der Waals surface area contributed by atoms with Gasteiger partial charge >= 0.3 is 5.97 Å². The third-order valence-electron chi connectivity index (χ3n) is 7.27. The van der Waals surface area contributed by atoms with Crippen LogP contribution in [0.5, 0.6) is 0 Å². The van der Waals surface area contributed by atoms with Crippen molar-refractivity contribution in [3.63, 3.8) is 0 Å². The molecule has 1 unspecified atom stereocenters. The Hall–Kier alpha value is -4.08. The van der Waals surface area contributed by atoms with Crippen LogP contribution in [0.25, 0.3) is 16.8 Å². The summed E-state index contributed by atoms with van der Waals surface area (Å²) in [5, 5.41) is 4.98. The summed E-state index contributed by atoms with van der Waals surface area (Å²) in [6.45, 7) is 4.74. The molecule has 0 saturated heterocycles. The standard InChI is InChI=1S/C31H31N3O5S/c1-4-34(3)29(27(31(36)39-5-2)28(32-34)22-17-18-22)23-19-15-21(16-20-23)25-13-9-10-14-26(25)40(37,38)33-30(35)24-11-7-6-8-12-24/h6-16,19-20,22H,4-5,17-18H2,1-3H3/p+1. The minimum Gasteiger partial charge on any atom is -0.462 e. The van der Waals surface area contributed by atoms with Crippen LogP contribution in [0.4, 0.5) is 0 Å². The number of carbonyl (C=O) groups excluding carboxylic acids is 2. The highest BCUT2D eigenvalue weighted by atomic mass is 32.2. The number of nitrogens with one attached hydrogen (secondary N) is 1. The minimum absolute atomic E-state index is 0.00661. The van der Waals surface area contributed by atoms with Gasteiger partial charge in [-0.05, 0) is 62.6 Å². The Balaban J connectivity index is 1.52. The van der Waals surface area contributed by atoms with E-state index in [0.29, 0.717) is 23.2 Å². The van der Waals surface area contributed by atoms with Crippen molar-refractivity contribution in [1.82, 2.24) is 4.72 Å². The molecule has 8 nitrogen and oxygen atoms in total. The van der Waals surface area contributed by atoms with E-state index in [1.165, 1.54) is 6.07 Å². The molecular formula is C31H32N3O5S+. The molecule has 206 valence electrons. The number of sulfonamides is 1. The van der Waals surface area contributed by atoms with Gasteiger partial charge in [-0.3, -0.25) is 4.79 Å². The number of carbonyl (C=O) groups is 2. The number of quaternary nitrogens is 1. The molecule has 9 heteroatoms. The molecule has 1 fully saturated rings. The van der Waals surface area contributed by atoms with Crippen molar-refractivity contribution in [2.45, 2.75) is 31.6 Å². The number of ether oxygens (including phenoxy) is 1. The molecule has 3 aromatic carbocycles. The van der Waals surface area contributed by atoms with Crippen molar-refractivity contribution in [3.8, 4) is 11.1 Å². The van der Waals surface area contributed by atoms with Crippen LogP contribution >= 0.6 is 0 Å². The Morgan fingerprint density at radius 3 is 2.17 bits per heavy atom. The van der Waals surface area contributed by atoms with Crippen molar-refractivity contribution in [2.24, 2.45) is 11.0 Å². The van der Waals surface area contributed by atoms with E-state index in [4.69, 9.17) is 9.84 Å². The first-order valence-corrected chi connectivity index (χ1v) is 14.9. The van der Waals surface area contributed by atoms with E-state index in [0.717, 1.165) is 29.8 Å². The molecular weight excluding hydrogens is 526 g/mol. The Morgan fingerprint density at radius 1 is 0.925 bits per heavy atom. The minimum atomic E-state index is -4.16. The van der Waals surface area contributed by atoms with Crippen LogP contribution in [0.15, 0.2) is 94.4 Å². The number of amides is 1. The van der Waals surface area contributed by atoms with Crippen LogP contribution in [-0.4, -0.2) is 50.8 Å². The highest BCUT2D eigenvalue weighted by Crippen LogP contribution is 2.44. The summed E-state index contributed by atoms with van der Waals surface area (Å²) in [6.07, 6.45) is 2.01. The third kappa shape index (κ3) is 5.22. The van der Waals surface area contributed by atoms with E-state index < -0.39 is 15.9 Å². The van der Waals surface area contributed by atoms with E-state index in [-0.39, 0.29) is 33.5 Å². The first kappa shape index (κ1) is 27.5. The number of hydrogen-bond donors (Lipinski definition) is 1. The highest BCUT2D eigenvalue weighted by Gasteiger charge is 2.48. The molecule has 0 spiro atoms. The monoisotopic (exact) mass is 558 g/mol. The summed E-state index contributed by atoms with van der Waals surface area (Å²) in [6, 6.07) is 22.2. The molecule has 1 heterocycles. The first-order valence-electron chi connectivity index (χ1n) is 13.4. The summed E-state index contributed by atoms with van der Waals surface area (Å²) < 4.78 is 34.4. The second-order valence-electron chi connectivity index (χ2n) is 10.0. The average molecular weight is 559 g/mol. The van der Waals surface area contributed by atoms with Crippen molar-refractivity contribution >= 4 is 33.3 Å². The normalized spacial score (nSPS) is 18.8. The van der Waals surface area contributed by atoms with Gasteiger partial charge in [0.1, 0.15) is 12.3 Å². The number of benzene rings is 3. The fraction of sp³-hybridized carbons (Fsp3) is 0.258. The van der Waals surface area contributed by atoms with Crippen molar-refractivity contribution < 1.29 is 27.3 Å². The lowest BCUT2D eigenvalue weighted by Crippen LogP contribution is -2.34. The molecule has 1 atom stereocenters. The molecule has 0 aromatic heterocycles. The molecule has 1 amide bonds. The predicted octanol–water partition coefficient (Wildman–Crippen LogP) is 4.99. The maximum absolute atomic E-state index is 13.3. The average Bonchev–Trinajstić information content (AvgIpc) is 3.76. The molecule has 3 aromatic rings. The number of rotatable bonds is 9. The van der Waals surface area contributed by atoms with Crippen LogP contribution in [0.3, 0.4) is 0 Å². The smallest absolute Gasteiger partial charge is 0.346 e. The van der Waals surface area contributed by atoms with E-state index in [1.54, 1.807) is 55.5 Å². The molecule has 1 aliphatic heterocycles. The van der Waals surface area contributed by atoms with Gasteiger partial charge in [0.15, 0.2) is 11.3 Å². The number of esters is 1. The highest BCUT2D eigenvalue weighted by molar-refractivity contribution is 7.90. The fourth-order valence-corrected chi connectivity index (χ4v) is 6.18. The molecule has 5 rings (SSSR count). The molecule has 40 heavy (non-hydrogen) atoms. The van der Waals surface area contributed by atoms with E-state index in [9.17, 15) is 18.0 Å². The molecule has 1 aliphatic carbocycles. The Labute approximate surface area is 234 Å². The number of hydrogen-bond acceptors (Lipinski definition) is 6. The van der Waals surface area contributed by atoms with Gasteiger partial charge in [-0.15, -0.1) is 0 Å². The van der Waals surface area contributed by atoms with E-state index in [2.05, 4.69) is 4.72 Å². The van der Waals surface area contributed by atoms with Gasteiger partial charge in [0.25, 0.3) is 15.9 Å². The topological polar surface area (TPSA) is 102 Å². The lowest BCUT2D eigenvalue weighted by molar-refractivity contribution is -0.842. The van der Waals surface area contributed by atoms with Gasteiger partial charge in [-0.25, -0.2) is 17.9 Å². The zero-order valence-electron chi connectivity index (χ0n) is 22.8. The second kappa shape index (κ2) is 10.8. The number of nitrogens with zero attached hydrogens (tertiary/aromatic N) is 2. The van der Waals surface area contributed by atoms with Gasteiger partial charge in [-0.2, -0.15) is 4.59 Å². The second-order valence-corrected chi connectivity index (χ2v) is 11.7. The maximum atomic E-state index is 13.3. The predicted molar refractivity (Wildman–Crippen MR) is 153 cm³/mol. The van der Waals surface area contributed by atoms with Crippen LogP contribution in [-0.2, 0) is 19.6 Å². The largest absolute Gasteiger partial charge is 0.462 e. The fourth-order valence-electron chi connectivity index (χ4n) is 4.97. The quantitative estimate of drug-likeness (QED) is 0.294. The first-order chi connectivity index (χ1) is 19.2. The molecule has 0 radical (unpaired) electrons. The summed E-state index contributed by atoms with van der Waals surface area (Å²) >= 11 is 0. The summed E-state index contributed by atoms with van der Waals surface area (Å²) in [5.74, 6) is -0.801. The molecule has 1 N–H and O–H groups in total. The van der Waals surface area contributed by atoms with Crippen molar-refractivity contribution in [1.29, 1.82) is 0 Å². The zero-order chi connectivity index (χ0) is 28.5. The van der Waals surface area contributed by atoms with Crippen molar-refractivity contribution in [2.75, 3.05) is 20.2 Å². The summed E-state index contributed by atoms with van der Waals surface area (Å²) in [7, 11) is -2.18. The zero-order valence-corrected chi connectivity index (χ0v) is 23.6. The summed E-state index contributed by atoms with van der Waals surface area (Å²) in [4.78, 5) is 25.8.